The highest BCUT2D eigenvalue weighted by atomic mass is 35.5. The molecule has 0 saturated carbocycles. The lowest BCUT2D eigenvalue weighted by atomic mass is 9.89. The Hall–Kier alpha value is -2.08. The Balaban J connectivity index is 1.69. The first kappa shape index (κ1) is 19.7. The predicted octanol–water partition coefficient (Wildman–Crippen LogP) is 2.90. The monoisotopic (exact) mass is 392 g/mol. The van der Waals surface area contributed by atoms with Crippen molar-refractivity contribution in [2.24, 2.45) is 11.8 Å². The van der Waals surface area contributed by atoms with Crippen LogP contribution in [0.3, 0.4) is 0 Å². The maximum atomic E-state index is 13.0. The lowest BCUT2D eigenvalue weighted by Gasteiger charge is -2.40. The van der Waals surface area contributed by atoms with Crippen molar-refractivity contribution in [1.29, 1.82) is 0 Å². The summed E-state index contributed by atoms with van der Waals surface area (Å²) in [5, 5.41) is 10.1. The summed E-state index contributed by atoms with van der Waals surface area (Å²) in [6.45, 7) is 3.42. The lowest BCUT2D eigenvalue weighted by molar-refractivity contribution is -0.155. The second-order valence-corrected chi connectivity index (χ2v) is 8.05. The zero-order valence-corrected chi connectivity index (χ0v) is 16.2. The average molecular weight is 393 g/mol. The van der Waals surface area contributed by atoms with Crippen LogP contribution in [0.2, 0.25) is 5.02 Å². The molecule has 3 rings (SSSR count). The van der Waals surface area contributed by atoms with Crippen molar-refractivity contribution < 1.29 is 19.5 Å². The normalized spacial score (nSPS) is 25.9. The third-order valence-corrected chi connectivity index (χ3v) is 5.83. The van der Waals surface area contributed by atoms with Gasteiger partial charge in [0.1, 0.15) is 6.04 Å². The average Bonchev–Trinajstić information content (AvgIpc) is 2.67. The van der Waals surface area contributed by atoms with Crippen molar-refractivity contribution >= 4 is 29.4 Å². The number of aliphatic carboxylic acids is 1. The minimum atomic E-state index is -0.945. The van der Waals surface area contributed by atoms with E-state index >= 15 is 0 Å². The first-order valence-corrected chi connectivity index (χ1v) is 9.82. The molecule has 146 valence electrons. The van der Waals surface area contributed by atoms with Gasteiger partial charge in [0.2, 0.25) is 5.91 Å². The van der Waals surface area contributed by atoms with Gasteiger partial charge in [-0.25, -0.2) is 4.79 Å². The summed E-state index contributed by atoms with van der Waals surface area (Å²) in [5.74, 6) is -1.25. The van der Waals surface area contributed by atoms with E-state index in [1.54, 1.807) is 29.2 Å². The van der Waals surface area contributed by atoms with Gasteiger partial charge in [-0.3, -0.25) is 9.59 Å². The second-order valence-electron chi connectivity index (χ2n) is 7.61. The summed E-state index contributed by atoms with van der Waals surface area (Å²) in [7, 11) is 0. The number of benzene rings is 1. The van der Waals surface area contributed by atoms with E-state index in [2.05, 4.69) is 0 Å². The quantitative estimate of drug-likeness (QED) is 0.857. The summed E-state index contributed by atoms with van der Waals surface area (Å²) in [5.41, 5.74) is 0.544. The molecule has 6 nitrogen and oxygen atoms in total. The lowest BCUT2D eigenvalue weighted by Crippen LogP contribution is -2.54. The Morgan fingerprint density at radius 2 is 1.81 bits per heavy atom. The summed E-state index contributed by atoms with van der Waals surface area (Å²) < 4.78 is 0. The standard InChI is InChI=1S/C20H25ClN2O4/c1-13-8-10-23(17(11-13)20(26)27)19(25)15-3-2-9-22(12-15)18(24)14-4-6-16(21)7-5-14/h4-7,13,15,17H,2-3,8-12H2,1H3,(H,26,27). The van der Waals surface area contributed by atoms with Gasteiger partial charge in [-0.2, -0.15) is 0 Å². The first-order valence-electron chi connectivity index (χ1n) is 9.45. The molecule has 1 aromatic carbocycles. The highest BCUT2D eigenvalue weighted by Crippen LogP contribution is 2.27. The van der Waals surface area contributed by atoms with Crippen LogP contribution in [-0.4, -0.2) is 58.4 Å². The van der Waals surface area contributed by atoms with Crippen molar-refractivity contribution in [2.75, 3.05) is 19.6 Å². The van der Waals surface area contributed by atoms with Gasteiger partial charge >= 0.3 is 5.97 Å². The SMILES string of the molecule is CC1CCN(C(=O)C2CCCN(C(=O)c3ccc(Cl)cc3)C2)C(C(=O)O)C1. The van der Waals surface area contributed by atoms with Crippen LogP contribution < -0.4 is 0 Å². The third kappa shape index (κ3) is 4.43. The fourth-order valence-corrected chi connectivity index (χ4v) is 4.14. The molecular formula is C20H25ClN2O4. The minimum Gasteiger partial charge on any atom is -0.480 e. The molecule has 2 aliphatic heterocycles. The highest BCUT2D eigenvalue weighted by molar-refractivity contribution is 6.30. The van der Waals surface area contributed by atoms with Crippen LogP contribution in [0.1, 0.15) is 43.0 Å². The molecule has 2 amide bonds. The number of carboxylic acid groups (broad SMARTS) is 1. The number of carbonyl (C=O) groups excluding carboxylic acids is 2. The Morgan fingerprint density at radius 3 is 2.48 bits per heavy atom. The molecule has 3 atom stereocenters. The number of hydrogen-bond donors (Lipinski definition) is 1. The fourth-order valence-electron chi connectivity index (χ4n) is 4.01. The van der Waals surface area contributed by atoms with Crippen LogP contribution in [-0.2, 0) is 9.59 Å². The molecule has 7 heteroatoms. The van der Waals surface area contributed by atoms with Crippen molar-refractivity contribution in [2.45, 2.75) is 38.6 Å². The summed E-state index contributed by atoms with van der Waals surface area (Å²) in [4.78, 5) is 40.6. The van der Waals surface area contributed by atoms with E-state index in [0.29, 0.717) is 49.0 Å². The molecule has 1 N–H and O–H groups in total. The number of halogens is 1. The molecule has 2 heterocycles. The van der Waals surface area contributed by atoms with Gasteiger partial charge in [0.25, 0.3) is 5.91 Å². The zero-order chi connectivity index (χ0) is 19.6. The van der Waals surface area contributed by atoms with E-state index in [1.165, 1.54) is 4.90 Å². The number of hydrogen-bond acceptors (Lipinski definition) is 3. The van der Waals surface area contributed by atoms with Crippen molar-refractivity contribution in [1.82, 2.24) is 9.80 Å². The van der Waals surface area contributed by atoms with E-state index in [0.717, 1.165) is 12.8 Å². The maximum Gasteiger partial charge on any atom is 0.326 e. The molecule has 27 heavy (non-hydrogen) atoms. The van der Waals surface area contributed by atoms with E-state index in [-0.39, 0.29) is 17.7 Å². The molecule has 0 spiro atoms. The second kappa shape index (κ2) is 8.30. The maximum absolute atomic E-state index is 13.0. The van der Waals surface area contributed by atoms with Gasteiger partial charge in [0.05, 0.1) is 5.92 Å². The van der Waals surface area contributed by atoms with Crippen LogP contribution in [0.25, 0.3) is 0 Å². The molecule has 2 saturated heterocycles. The van der Waals surface area contributed by atoms with E-state index in [4.69, 9.17) is 11.6 Å². The molecule has 0 aromatic heterocycles. The number of carbonyl (C=O) groups is 3. The van der Waals surface area contributed by atoms with Crippen molar-refractivity contribution in [3.05, 3.63) is 34.9 Å². The topological polar surface area (TPSA) is 77.9 Å². The predicted molar refractivity (Wildman–Crippen MR) is 102 cm³/mol. The van der Waals surface area contributed by atoms with Gasteiger partial charge < -0.3 is 14.9 Å². The molecule has 2 fully saturated rings. The zero-order valence-electron chi connectivity index (χ0n) is 15.4. The number of nitrogens with zero attached hydrogens (tertiary/aromatic N) is 2. The number of carboxylic acids is 1. The van der Waals surface area contributed by atoms with Gasteiger partial charge in [0, 0.05) is 30.2 Å². The van der Waals surface area contributed by atoms with Crippen molar-refractivity contribution in [3.8, 4) is 0 Å². The van der Waals surface area contributed by atoms with Gasteiger partial charge in [-0.1, -0.05) is 18.5 Å². The van der Waals surface area contributed by atoms with Crippen LogP contribution in [0.5, 0.6) is 0 Å². The smallest absolute Gasteiger partial charge is 0.326 e. The molecule has 3 unspecified atom stereocenters. The summed E-state index contributed by atoms with van der Waals surface area (Å²) in [6, 6.07) is 5.95. The minimum absolute atomic E-state index is 0.119. The van der Waals surface area contributed by atoms with E-state index in [1.807, 2.05) is 6.92 Å². The molecule has 1 aromatic rings. The Labute approximate surface area is 164 Å². The molecule has 0 bridgehead atoms. The van der Waals surface area contributed by atoms with Crippen LogP contribution in [0.15, 0.2) is 24.3 Å². The summed E-state index contributed by atoms with van der Waals surface area (Å²) in [6.07, 6.45) is 2.72. The number of piperidine rings is 2. The first-order chi connectivity index (χ1) is 12.9. The van der Waals surface area contributed by atoms with Gasteiger partial charge in [0.15, 0.2) is 0 Å². The fraction of sp³-hybridized carbons (Fsp3) is 0.550. The molecular weight excluding hydrogens is 368 g/mol. The Kier molecular flexibility index (Phi) is 6.05. The number of likely N-dealkylation sites (tertiary alicyclic amines) is 2. The third-order valence-electron chi connectivity index (χ3n) is 5.58. The van der Waals surface area contributed by atoms with E-state index < -0.39 is 12.0 Å². The molecule has 2 aliphatic rings. The van der Waals surface area contributed by atoms with Crippen LogP contribution in [0, 0.1) is 11.8 Å². The van der Waals surface area contributed by atoms with Crippen molar-refractivity contribution in [3.63, 3.8) is 0 Å². The summed E-state index contributed by atoms with van der Waals surface area (Å²) >= 11 is 5.88. The van der Waals surface area contributed by atoms with Crippen LogP contribution in [0.4, 0.5) is 0 Å². The van der Waals surface area contributed by atoms with E-state index in [9.17, 15) is 19.5 Å². The van der Waals surface area contributed by atoms with Gasteiger partial charge in [-0.15, -0.1) is 0 Å². The number of amides is 2. The van der Waals surface area contributed by atoms with Gasteiger partial charge in [-0.05, 0) is 55.9 Å². The molecule has 0 radical (unpaired) electrons. The Morgan fingerprint density at radius 1 is 1.11 bits per heavy atom. The Bertz CT molecular complexity index is 721. The van der Waals surface area contributed by atoms with Crippen LogP contribution >= 0.6 is 11.6 Å². The highest BCUT2D eigenvalue weighted by Gasteiger charge is 2.39. The molecule has 0 aliphatic carbocycles. The number of rotatable bonds is 3. The largest absolute Gasteiger partial charge is 0.480 e.